The molecule has 0 spiro atoms. The lowest BCUT2D eigenvalue weighted by atomic mass is 10.1. The molecule has 1 fully saturated rings. The predicted molar refractivity (Wildman–Crippen MR) is 98.3 cm³/mol. The Labute approximate surface area is 146 Å². The maximum atomic E-state index is 13.0. The van der Waals surface area contributed by atoms with E-state index in [1.807, 2.05) is 42.6 Å². The summed E-state index contributed by atoms with van der Waals surface area (Å²) < 4.78 is 13.0. The molecule has 1 atom stereocenters. The number of aliphatic hydroxyl groups excluding tert-OH is 1. The molecule has 0 aliphatic carbocycles. The molecule has 1 aromatic heterocycles. The van der Waals surface area contributed by atoms with Gasteiger partial charge < -0.3 is 15.0 Å². The third-order valence-electron chi connectivity index (χ3n) is 4.96. The molecule has 1 aliphatic heterocycles. The van der Waals surface area contributed by atoms with Gasteiger partial charge in [-0.25, -0.2) is 4.39 Å². The fraction of sp³-hybridized carbons (Fsp3) is 0.300. The standard InChI is InChI=1S/C20H22FN3O/c21-17-3-5-18(6-4-17)24-11-9-23(10-12-24)14-20(25)16-2-1-15-7-8-22-19(15)13-16/h1-8,13,20,22,25H,9-12,14H2. The summed E-state index contributed by atoms with van der Waals surface area (Å²) >= 11 is 0. The number of halogens is 1. The molecule has 1 saturated heterocycles. The molecular weight excluding hydrogens is 317 g/mol. The third-order valence-corrected chi connectivity index (χ3v) is 4.96. The van der Waals surface area contributed by atoms with Crippen LogP contribution in [0, 0.1) is 5.82 Å². The van der Waals surface area contributed by atoms with E-state index in [-0.39, 0.29) is 5.82 Å². The Hall–Kier alpha value is -2.37. The van der Waals surface area contributed by atoms with Crippen molar-refractivity contribution >= 4 is 16.6 Å². The topological polar surface area (TPSA) is 42.5 Å². The second-order valence-corrected chi connectivity index (χ2v) is 6.60. The monoisotopic (exact) mass is 339 g/mol. The molecule has 0 bridgehead atoms. The average Bonchev–Trinajstić information content (AvgIpc) is 3.11. The number of fused-ring (bicyclic) bond motifs is 1. The van der Waals surface area contributed by atoms with Gasteiger partial charge in [-0.2, -0.15) is 0 Å². The van der Waals surface area contributed by atoms with E-state index in [0.29, 0.717) is 6.54 Å². The number of aromatic amines is 1. The summed E-state index contributed by atoms with van der Waals surface area (Å²) in [5.74, 6) is -0.204. The zero-order valence-corrected chi connectivity index (χ0v) is 14.0. The first kappa shape index (κ1) is 16.1. The van der Waals surface area contributed by atoms with Gasteiger partial charge in [0.2, 0.25) is 0 Å². The highest BCUT2D eigenvalue weighted by atomic mass is 19.1. The lowest BCUT2D eigenvalue weighted by molar-refractivity contribution is 0.109. The van der Waals surface area contributed by atoms with Gasteiger partial charge in [-0.1, -0.05) is 12.1 Å². The van der Waals surface area contributed by atoms with Crippen LogP contribution in [0.25, 0.3) is 10.9 Å². The van der Waals surface area contributed by atoms with Gasteiger partial charge in [-0.15, -0.1) is 0 Å². The molecule has 0 radical (unpaired) electrons. The van der Waals surface area contributed by atoms with Crippen molar-refractivity contribution in [3.05, 3.63) is 66.1 Å². The zero-order valence-electron chi connectivity index (χ0n) is 14.0. The van der Waals surface area contributed by atoms with Gasteiger partial charge in [-0.05, 0) is 47.3 Å². The number of hydrogen-bond acceptors (Lipinski definition) is 3. The van der Waals surface area contributed by atoms with Crippen LogP contribution in [0.5, 0.6) is 0 Å². The smallest absolute Gasteiger partial charge is 0.123 e. The van der Waals surface area contributed by atoms with Gasteiger partial charge in [0, 0.05) is 50.1 Å². The number of piperazine rings is 1. The van der Waals surface area contributed by atoms with Crippen molar-refractivity contribution in [2.24, 2.45) is 0 Å². The van der Waals surface area contributed by atoms with E-state index < -0.39 is 6.10 Å². The molecule has 4 rings (SSSR count). The molecular formula is C20H22FN3O. The van der Waals surface area contributed by atoms with Gasteiger partial charge in [-0.3, -0.25) is 4.90 Å². The minimum Gasteiger partial charge on any atom is -0.387 e. The summed E-state index contributed by atoms with van der Waals surface area (Å²) in [7, 11) is 0. The zero-order chi connectivity index (χ0) is 17.2. The highest BCUT2D eigenvalue weighted by Crippen LogP contribution is 2.22. The van der Waals surface area contributed by atoms with Crippen LogP contribution in [-0.2, 0) is 0 Å². The minimum absolute atomic E-state index is 0.204. The molecule has 4 nitrogen and oxygen atoms in total. The van der Waals surface area contributed by atoms with Gasteiger partial charge in [0.25, 0.3) is 0 Å². The van der Waals surface area contributed by atoms with Crippen molar-refractivity contribution < 1.29 is 9.50 Å². The quantitative estimate of drug-likeness (QED) is 0.767. The number of β-amino-alcohol motifs (C(OH)–C–C–N with tert-alkyl or cyclic N) is 1. The Morgan fingerprint density at radius 1 is 1.00 bits per heavy atom. The van der Waals surface area contributed by atoms with E-state index >= 15 is 0 Å². The van der Waals surface area contributed by atoms with Gasteiger partial charge in [0.1, 0.15) is 5.82 Å². The second-order valence-electron chi connectivity index (χ2n) is 6.60. The van der Waals surface area contributed by atoms with E-state index in [1.165, 1.54) is 12.1 Å². The molecule has 130 valence electrons. The second kappa shape index (κ2) is 6.86. The lowest BCUT2D eigenvalue weighted by Crippen LogP contribution is -2.47. The first-order valence-electron chi connectivity index (χ1n) is 8.67. The molecule has 2 heterocycles. The van der Waals surface area contributed by atoms with Crippen LogP contribution in [0.15, 0.2) is 54.7 Å². The Morgan fingerprint density at radius 2 is 1.76 bits per heavy atom. The number of aliphatic hydroxyl groups is 1. The predicted octanol–water partition coefficient (Wildman–Crippen LogP) is 3.16. The molecule has 0 amide bonds. The summed E-state index contributed by atoms with van der Waals surface area (Å²) in [5.41, 5.74) is 3.05. The van der Waals surface area contributed by atoms with Crippen molar-refractivity contribution in [1.82, 2.24) is 9.88 Å². The number of H-pyrrole nitrogens is 1. The lowest BCUT2D eigenvalue weighted by Gasteiger charge is -2.37. The number of hydrogen-bond donors (Lipinski definition) is 2. The van der Waals surface area contributed by atoms with Crippen LogP contribution in [0.4, 0.5) is 10.1 Å². The maximum Gasteiger partial charge on any atom is 0.123 e. The fourth-order valence-electron chi connectivity index (χ4n) is 3.46. The summed E-state index contributed by atoms with van der Waals surface area (Å²) in [5, 5.41) is 11.7. The van der Waals surface area contributed by atoms with Crippen LogP contribution in [0.2, 0.25) is 0 Å². The molecule has 5 heteroatoms. The van der Waals surface area contributed by atoms with E-state index in [1.54, 1.807) is 0 Å². The normalized spacial score (nSPS) is 17.1. The first-order valence-corrected chi connectivity index (χ1v) is 8.67. The van der Waals surface area contributed by atoms with E-state index in [9.17, 15) is 9.50 Å². The summed E-state index contributed by atoms with van der Waals surface area (Å²) in [6.07, 6.45) is 1.42. The van der Waals surface area contributed by atoms with Crippen LogP contribution in [0.1, 0.15) is 11.7 Å². The first-order chi connectivity index (χ1) is 12.2. The number of benzene rings is 2. The molecule has 0 saturated carbocycles. The van der Waals surface area contributed by atoms with Crippen LogP contribution in [0.3, 0.4) is 0 Å². The van der Waals surface area contributed by atoms with E-state index in [4.69, 9.17) is 0 Å². The number of nitrogens with one attached hydrogen (secondary N) is 1. The van der Waals surface area contributed by atoms with E-state index in [2.05, 4.69) is 14.8 Å². The number of nitrogens with zero attached hydrogens (tertiary/aromatic N) is 2. The Balaban J connectivity index is 1.35. The molecule has 1 unspecified atom stereocenters. The van der Waals surface area contributed by atoms with Gasteiger partial charge in [0.15, 0.2) is 0 Å². The van der Waals surface area contributed by atoms with Crippen LogP contribution in [-0.4, -0.2) is 47.7 Å². The van der Waals surface area contributed by atoms with Crippen LogP contribution >= 0.6 is 0 Å². The maximum absolute atomic E-state index is 13.0. The molecule has 25 heavy (non-hydrogen) atoms. The average molecular weight is 339 g/mol. The van der Waals surface area contributed by atoms with Gasteiger partial charge in [0.05, 0.1) is 6.10 Å². The van der Waals surface area contributed by atoms with Crippen molar-refractivity contribution in [2.45, 2.75) is 6.10 Å². The largest absolute Gasteiger partial charge is 0.387 e. The van der Waals surface area contributed by atoms with Crippen molar-refractivity contribution in [3.63, 3.8) is 0 Å². The minimum atomic E-state index is -0.495. The summed E-state index contributed by atoms with van der Waals surface area (Å²) in [4.78, 5) is 7.73. The molecule has 1 aliphatic rings. The SMILES string of the molecule is OC(CN1CCN(c2ccc(F)cc2)CC1)c1ccc2cc[nH]c2c1. The highest BCUT2D eigenvalue weighted by molar-refractivity contribution is 5.79. The fourth-order valence-corrected chi connectivity index (χ4v) is 3.46. The Bertz CT molecular complexity index is 838. The summed E-state index contributed by atoms with van der Waals surface area (Å²) in [6.45, 7) is 4.17. The van der Waals surface area contributed by atoms with Crippen LogP contribution < -0.4 is 4.90 Å². The van der Waals surface area contributed by atoms with Crippen molar-refractivity contribution in [1.29, 1.82) is 0 Å². The highest BCUT2D eigenvalue weighted by Gasteiger charge is 2.20. The number of aromatic nitrogens is 1. The third kappa shape index (κ3) is 3.52. The Kier molecular flexibility index (Phi) is 4.42. The molecule has 2 aromatic carbocycles. The Morgan fingerprint density at radius 3 is 2.52 bits per heavy atom. The van der Waals surface area contributed by atoms with Crippen molar-refractivity contribution in [2.75, 3.05) is 37.6 Å². The number of rotatable bonds is 4. The molecule has 3 aromatic rings. The number of anilines is 1. The van der Waals surface area contributed by atoms with E-state index in [0.717, 1.165) is 48.3 Å². The summed E-state index contributed by atoms with van der Waals surface area (Å²) in [6, 6.07) is 14.7. The van der Waals surface area contributed by atoms with Crippen molar-refractivity contribution in [3.8, 4) is 0 Å². The van der Waals surface area contributed by atoms with Gasteiger partial charge >= 0.3 is 0 Å². The molecule has 2 N–H and O–H groups in total.